The van der Waals surface area contributed by atoms with Crippen molar-refractivity contribution in [1.82, 2.24) is 16.0 Å². The number of unbranched alkanes of at least 4 members (excludes halogenated alkanes) is 2. The van der Waals surface area contributed by atoms with Crippen molar-refractivity contribution in [2.24, 2.45) is 0 Å². The van der Waals surface area contributed by atoms with Gasteiger partial charge >= 0.3 is 24.1 Å². The van der Waals surface area contributed by atoms with E-state index < -0.39 is 18.0 Å². The number of hydrogen-bond donors (Lipinski definition) is 9. The SMILES string of the molecule is CCCCCNC(=O)Nc1cc(Cl)c(C)c(Cl)c1O.CCOC(=O)CCNC(=O)Nc1cc(Cl)c(C)c(Cl)c1O.Cc1c(Cl)cc(NC(=O)NCc2ccccc2)c(O)c1Cl. The van der Waals surface area contributed by atoms with Crippen LogP contribution in [-0.4, -0.2) is 59.1 Å². The maximum atomic E-state index is 11.8. The number of urea groups is 3. The number of hydrogen-bond acceptors (Lipinski definition) is 8. The molecule has 4 aromatic rings. The predicted molar refractivity (Wildman–Crippen MR) is 246 cm³/mol. The Morgan fingerprint density at radius 2 is 0.967 bits per heavy atom. The van der Waals surface area contributed by atoms with Crippen molar-refractivity contribution >= 4 is 111 Å². The van der Waals surface area contributed by atoms with Crippen molar-refractivity contribution in [3.8, 4) is 17.2 Å². The second kappa shape index (κ2) is 26.6. The third-order valence-corrected chi connectivity index (χ3v) is 10.9. The lowest BCUT2D eigenvalue weighted by Gasteiger charge is -2.12. The Morgan fingerprint density at radius 3 is 1.36 bits per heavy atom. The zero-order chi connectivity index (χ0) is 45.8. The van der Waals surface area contributed by atoms with Crippen molar-refractivity contribution in [3.05, 3.63) is 101 Å². The standard InChI is InChI=1S/C15H14Cl2N2O2.C13H16Cl2N2O4.C13H18Cl2N2O2/c1-9-11(16)7-12(14(20)13(9)17)19-15(21)18-8-10-5-3-2-4-6-10;1-3-21-10(18)4-5-16-13(20)17-9-6-8(14)7(2)11(15)12(9)19;1-3-4-5-6-16-13(19)17-10-7-9(14)8(2)11(15)12(10)18/h2-7,20H,8H2,1H3,(H2,18,19,21);6,19H,3-5H2,1-2H3,(H2,16,17,20);7,18H,3-6H2,1-2H3,(H2,16,17,19). The monoisotopic (exact) mass is 962 g/mol. The summed E-state index contributed by atoms with van der Waals surface area (Å²) in [5.74, 6) is -1.04. The zero-order valence-electron chi connectivity index (χ0n) is 33.9. The van der Waals surface area contributed by atoms with Gasteiger partial charge < -0.3 is 52.0 Å². The average molecular weight is 966 g/mol. The number of ether oxygens (including phenoxy) is 1. The van der Waals surface area contributed by atoms with Crippen molar-refractivity contribution < 1.29 is 39.2 Å². The van der Waals surface area contributed by atoms with E-state index in [-0.39, 0.29) is 68.4 Å². The van der Waals surface area contributed by atoms with E-state index in [0.717, 1.165) is 24.8 Å². The number of rotatable bonds is 13. The van der Waals surface area contributed by atoms with Gasteiger partial charge in [-0.25, -0.2) is 14.4 Å². The van der Waals surface area contributed by atoms with Crippen molar-refractivity contribution in [2.45, 2.75) is 66.8 Å². The number of aromatic hydroxyl groups is 3. The van der Waals surface area contributed by atoms with Crippen LogP contribution in [0.15, 0.2) is 48.5 Å². The number of benzene rings is 4. The highest BCUT2D eigenvalue weighted by Crippen LogP contribution is 2.40. The molecular formula is C41H48Cl6N6O8. The van der Waals surface area contributed by atoms with Crippen LogP contribution in [0.5, 0.6) is 17.2 Å². The highest BCUT2D eigenvalue weighted by molar-refractivity contribution is 6.39. The molecule has 14 nitrogen and oxygen atoms in total. The van der Waals surface area contributed by atoms with Gasteiger partial charge in [0.15, 0.2) is 17.2 Å². The molecular weight excluding hydrogens is 917 g/mol. The van der Waals surface area contributed by atoms with E-state index >= 15 is 0 Å². The highest BCUT2D eigenvalue weighted by atomic mass is 35.5. The van der Waals surface area contributed by atoms with Gasteiger partial charge in [-0.05, 0) is 74.6 Å². The van der Waals surface area contributed by atoms with E-state index in [0.29, 0.717) is 51.5 Å². The minimum atomic E-state index is -0.592. The lowest BCUT2D eigenvalue weighted by molar-refractivity contribution is -0.142. The summed E-state index contributed by atoms with van der Waals surface area (Å²) in [5, 5.41) is 46.3. The Bertz CT molecular complexity index is 2150. The topological polar surface area (TPSA) is 210 Å². The fourth-order valence-electron chi connectivity index (χ4n) is 4.76. The summed E-state index contributed by atoms with van der Waals surface area (Å²) in [6, 6.07) is 12.4. The number of phenolic OH excluding ortho intramolecular Hbond substituents is 3. The van der Waals surface area contributed by atoms with Crippen LogP contribution >= 0.6 is 69.6 Å². The Kier molecular flexibility index (Phi) is 22.9. The molecule has 20 heteroatoms. The predicted octanol–water partition coefficient (Wildman–Crippen LogP) is 11.7. The summed E-state index contributed by atoms with van der Waals surface area (Å²) < 4.78 is 4.72. The molecule has 0 fully saturated rings. The number of nitrogens with one attached hydrogen (secondary N) is 6. The molecule has 0 saturated carbocycles. The Morgan fingerprint density at radius 1 is 0.574 bits per heavy atom. The van der Waals surface area contributed by atoms with Gasteiger partial charge in [0.1, 0.15) is 0 Å². The Labute approximate surface area is 384 Å². The van der Waals surface area contributed by atoms with Gasteiger partial charge in [-0.3, -0.25) is 4.79 Å². The van der Waals surface area contributed by atoms with Crippen LogP contribution in [0.25, 0.3) is 0 Å². The van der Waals surface area contributed by atoms with Crippen LogP contribution in [0.3, 0.4) is 0 Å². The molecule has 0 radical (unpaired) electrons. The van der Waals surface area contributed by atoms with Crippen LogP contribution in [0, 0.1) is 20.8 Å². The first-order chi connectivity index (χ1) is 28.8. The minimum Gasteiger partial charge on any atom is -0.504 e. The summed E-state index contributed by atoms with van der Waals surface area (Å²) in [6.45, 7) is 10.2. The summed E-state index contributed by atoms with van der Waals surface area (Å²) in [6.07, 6.45) is 3.13. The van der Waals surface area contributed by atoms with Crippen LogP contribution in [0.1, 0.15) is 61.8 Å². The fraction of sp³-hybridized carbons (Fsp3) is 0.317. The molecule has 6 amide bonds. The summed E-state index contributed by atoms with van der Waals surface area (Å²) in [7, 11) is 0. The first kappa shape index (κ1) is 52.4. The van der Waals surface area contributed by atoms with E-state index in [2.05, 4.69) is 38.8 Å². The quantitative estimate of drug-likeness (QED) is 0.0357. The molecule has 332 valence electrons. The zero-order valence-corrected chi connectivity index (χ0v) is 38.5. The van der Waals surface area contributed by atoms with E-state index in [9.17, 15) is 34.5 Å². The molecule has 0 heterocycles. The third kappa shape index (κ3) is 17.3. The number of carbonyl (C=O) groups excluding carboxylic acids is 4. The van der Waals surface area contributed by atoms with Crippen LogP contribution < -0.4 is 31.9 Å². The van der Waals surface area contributed by atoms with E-state index in [4.69, 9.17) is 74.3 Å². The third-order valence-electron chi connectivity index (χ3n) is 8.29. The maximum Gasteiger partial charge on any atom is 0.319 e. The smallest absolute Gasteiger partial charge is 0.319 e. The van der Waals surface area contributed by atoms with Gasteiger partial charge in [0.05, 0.1) is 45.2 Å². The molecule has 4 rings (SSSR count). The highest BCUT2D eigenvalue weighted by Gasteiger charge is 2.17. The van der Waals surface area contributed by atoms with Crippen LogP contribution in [0.2, 0.25) is 30.1 Å². The van der Waals surface area contributed by atoms with E-state index in [1.165, 1.54) is 18.2 Å². The van der Waals surface area contributed by atoms with Gasteiger partial charge in [-0.1, -0.05) is 120 Å². The Balaban J connectivity index is 0.000000316. The van der Waals surface area contributed by atoms with E-state index in [1.54, 1.807) is 27.7 Å². The van der Waals surface area contributed by atoms with Crippen molar-refractivity contribution in [2.75, 3.05) is 35.6 Å². The summed E-state index contributed by atoms with van der Waals surface area (Å²) in [5.41, 5.74) is 3.08. The van der Waals surface area contributed by atoms with E-state index in [1.807, 2.05) is 30.3 Å². The van der Waals surface area contributed by atoms with Crippen LogP contribution in [0.4, 0.5) is 31.4 Å². The van der Waals surface area contributed by atoms with Crippen LogP contribution in [-0.2, 0) is 16.1 Å². The number of phenols is 3. The lowest BCUT2D eigenvalue weighted by Crippen LogP contribution is -2.31. The molecule has 0 aliphatic carbocycles. The average Bonchev–Trinajstić information content (AvgIpc) is 3.23. The number of amides is 6. The van der Waals surface area contributed by atoms with Gasteiger partial charge in [0.25, 0.3) is 0 Å². The first-order valence-electron chi connectivity index (χ1n) is 18.7. The molecule has 0 spiro atoms. The molecule has 9 N–H and O–H groups in total. The molecule has 0 saturated heterocycles. The second-order valence-electron chi connectivity index (χ2n) is 12.9. The molecule has 0 aliphatic heterocycles. The molecule has 0 aliphatic rings. The number of halogens is 6. The summed E-state index contributed by atoms with van der Waals surface area (Å²) >= 11 is 35.6. The number of esters is 1. The maximum absolute atomic E-state index is 11.8. The second-order valence-corrected chi connectivity index (χ2v) is 15.3. The molecule has 0 unspecified atom stereocenters. The van der Waals surface area contributed by atoms with Crippen molar-refractivity contribution in [1.29, 1.82) is 0 Å². The largest absolute Gasteiger partial charge is 0.504 e. The molecule has 0 aromatic heterocycles. The number of anilines is 3. The normalized spacial score (nSPS) is 10.2. The molecule has 0 atom stereocenters. The molecule has 61 heavy (non-hydrogen) atoms. The Hall–Kier alpha value is -4.70. The summed E-state index contributed by atoms with van der Waals surface area (Å²) in [4.78, 5) is 46.2. The number of carbonyl (C=O) groups is 4. The van der Waals surface area contributed by atoms with Gasteiger partial charge in [-0.2, -0.15) is 0 Å². The minimum absolute atomic E-state index is 0.0582. The lowest BCUT2D eigenvalue weighted by atomic mass is 10.2. The fourth-order valence-corrected chi connectivity index (χ4v) is 6.13. The van der Waals surface area contributed by atoms with Gasteiger partial charge in [0.2, 0.25) is 0 Å². The molecule has 4 aromatic carbocycles. The molecule has 0 bridgehead atoms. The van der Waals surface area contributed by atoms with Crippen molar-refractivity contribution in [3.63, 3.8) is 0 Å². The van der Waals surface area contributed by atoms with Gasteiger partial charge in [0, 0.05) is 34.7 Å². The van der Waals surface area contributed by atoms with Gasteiger partial charge in [-0.15, -0.1) is 0 Å². The first-order valence-corrected chi connectivity index (χ1v) is 21.0.